The van der Waals surface area contributed by atoms with Gasteiger partial charge in [-0.2, -0.15) is 0 Å². The lowest BCUT2D eigenvalue weighted by Gasteiger charge is -2.23. The molecule has 0 spiro atoms. The van der Waals surface area contributed by atoms with Crippen LogP contribution in [0.5, 0.6) is 0 Å². The fourth-order valence-corrected chi connectivity index (χ4v) is 1.47. The molecule has 1 aromatic rings. The number of hydrogen-bond acceptors (Lipinski definition) is 1. The zero-order valence-electron chi connectivity index (χ0n) is 8.04. The lowest BCUT2D eigenvalue weighted by Crippen LogP contribution is -2.21. The summed E-state index contributed by atoms with van der Waals surface area (Å²) < 4.78 is 0. The summed E-state index contributed by atoms with van der Waals surface area (Å²) in [5.74, 6) is 2.48. The first-order chi connectivity index (χ1) is 6.08. The Kier molecular flexibility index (Phi) is 2.75. The summed E-state index contributed by atoms with van der Waals surface area (Å²) >= 11 is 0. The first-order valence-corrected chi connectivity index (χ1v) is 4.30. The van der Waals surface area contributed by atoms with Crippen LogP contribution in [0.2, 0.25) is 0 Å². The van der Waals surface area contributed by atoms with E-state index in [1.165, 1.54) is 0 Å². The lowest BCUT2D eigenvalue weighted by molar-refractivity contribution is 0.0623. The Morgan fingerprint density at radius 1 is 1.46 bits per heavy atom. The lowest BCUT2D eigenvalue weighted by atomic mass is 9.89. The summed E-state index contributed by atoms with van der Waals surface area (Å²) in [6.45, 7) is 3.72. The Bertz CT molecular complexity index is 331. The molecule has 0 aliphatic rings. The van der Waals surface area contributed by atoms with Gasteiger partial charge in [0.05, 0.1) is 5.60 Å². The normalized spacial score (nSPS) is 14.6. The van der Waals surface area contributed by atoms with E-state index >= 15 is 0 Å². The van der Waals surface area contributed by atoms with Crippen LogP contribution in [0, 0.1) is 19.3 Å². The molecule has 0 heterocycles. The number of terminal acetylenes is 1. The van der Waals surface area contributed by atoms with Crippen molar-refractivity contribution in [1.82, 2.24) is 0 Å². The first kappa shape index (κ1) is 9.83. The van der Waals surface area contributed by atoms with Crippen LogP contribution in [0.1, 0.15) is 24.5 Å². The molecule has 1 aromatic carbocycles. The van der Waals surface area contributed by atoms with Gasteiger partial charge < -0.3 is 5.11 Å². The van der Waals surface area contributed by atoms with E-state index in [4.69, 9.17) is 6.42 Å². The van der Waals surface area contributed by atoms with Gasteiger partial charge in [0.1, 0.15) is 0 Å². The molecule has 0 aromatic heterocycles. The molecule has 0 amide bonds. The van der Waals surface area contributed by atoms with Gasteiger partial charge in [0, 0.05) is 6.42 Å². The van der Waals surface area contributed by atoms with Crippen molar-refractivity contribution in [2.75, 3.05) is 0 Å². The highest BCUT2D eigenvalue weighted by molar-refractivity contribution is 5.31. The van der Waals surface area contributed by atoms with Gasteiger partial charge in [-0.25, -0.2) is 0 Å². The number of hydrogen-bond donors (Lipinski definition) is 1. The zero-order chi connectivity index (χ0) is 9.90. The van der Waals surface area contributed by atoms with Crippen molar-refractivity contribution in [1.29, 1.82) is 0 Å². The van der Waals surface area contributed by atoms with Crippen LogP contribution in [0.3, 0.4) is 0 Å². The van der Waals surface area contributed by atoms with E-state index in [1.807, 2.05) is 31.2 Å². The Hall–Kier alpha value is -1.26. The van der Waals surface area contributed by atoms with Crippen LogP contribution < -0.4 is 0 Å². The van der Waals surface area contributed by atoms with E-state index in [-0.39, 0.29) is 0 Å². The van der Waals surface area contributed by atoms with Gasteiger partial charge in [0.2, 0.25) is 0 Å². The van der Waals surface area contributed by atoms with E-state index in [1.54, 1.807) is 6.92 Å². The van der Waals surface area contributed by atoms with Crippen LogP contribution in [0.15, 0.2) is 24.3 Å². The maximum absolute atomic E-state index is 10.0. The van der Waals surface area contributed by atoms with Crippen LogP contribution in [0.25, 0.3) is 0 Å². The third-order valence-corrected chi connectivity index (χ3v) is 2.17. The van der Waals surface area contributed by atoms with Crippen molar-refractivity contribution >= 4 is 0 Å². The largest absolute Gasteiger partial charge is 0.384 e. The molecule has 0 aliphatic carbocycles. The minimum Gasteiger partial charge on any atom is -0.384 e. The molecule has 13 heavy (non-hydrogen) atoms. The molecule has 0 unspecified atom stereocenters. The van der Waals surface area contributed by atoms with Gasteiger partial charge >= 0.3 is 0 Å². The summed E-state index contributed by atoms with van der Waals surface area (Å²) in [6.07, 6.45) is 5.54. The van der Waals surface area contributed by atoms with E-state index in [0.29, 0.717) is 6.42 Å². The maximum Gasteiger partial charge on any atom is 0.0979 e. The fourth-order valence-electron chi connectivity index (χ4n) is 1.47. The maximum atomic E-state index is 10.0. The topological polar surface area (TPSA) is 20.2 Å². The fraction of sp³-hybridized carbons (Fsp3) is 0.333. The van der Waals surface area contributed by atoms with E-state index in [0.717, 1.165) is 11.1 Å². The molecule has 1 N–H and O–H groups in total. The van der Waals surface area contributed by atoms with Gasteiger partial charge in [0.25, 0.3) is 0 Å². The third kappa shape index (κ3) is 2.11. The minimum absolute atomic E-state index is 0.345. The highest BCUT2D eigenvalue weighted by atomic mass is 16.3. The number of aryl methyl sites for hydroxylation is 1. The molecular weight excluding hydrogens is 160 g/mol. The molecule has 0 fully saturated rings. The summed E-state index contributed by atoms with van der Waals surface area (Å²) in [5, 5.41) is 10.0. The quantitative estimate of drug-likeness (QED) is 0.682. The molecule has 0 saturated carbocycles. The molecule has 1 nitrogen and oxygen atoms in total. The summed E-state index contributed by atoms with van der Waals surface area (Å²) in [5.41, 5.74) is 1.08. The minimum atomic E-state index is -0.903. The number of benzene rings is 1. The van der Waals surface area contributed by atoms with Crippen molar-refractivity contribution in [3.63, 3.8) is 0 Å². The van der Waals surface area contributed by atoms with Gasteiger partial charge in [-0.05, 0) is 25.0 Å². The molecule has 0 aliphatic heterocycles. The van der Waals surface area contributed by atoms with Crippen molar-refractivity contribution in [3.05, 3.63) is 35.4 Å². The first-order valence-electron chi connectivity index (χ1n) is 4.30. The number of rotatable bonds is 2. The smallest absolute Gasteiger partial charge is 0.0979 e. The number of aliphatic hydroxyl groups is 1. The second-order valence-electron chi connectivity index (χ2n) is 3.47. The Balaban J connectivity index is 3.08. The zero-order valence-corrected chi connectivity index (χ0v) is 8.04. The predicted octanol–water partition coefficient (Wildman–Crippen LogP) is 2.23. The van der Waals surface area contributed by atoms with E-state index in [9.17, 15) is 5.11 Å². The van der Waals surface area contributed by atoms with Crippen molar-refractivity contribution < 1.29 is 5.11 Å². The van der Waals surface area contributed by atoms with E-state index < -0.39 is 5.60 Å². The summed E-state index contributed by atoms with van der Waals surface area (Å²) in [6, 6.07) is 7.74. The molecule has 0 saturated heterocycles. The molecule has 1 atom stereocenters. The Labute approximate surface area is 79.4 Å². The van der Waals surface area contributed by atoms with Crippen LogP contribution in [-0.2, 0) is 5.60 Å². The predicted molar refractivity (Wildman–Crippen MR) is 54.2 cm³/mol. The third-order valence-electron chi connectivity index (χ3n) is 2.17. The Morgan fingerprint density at radius 2 is 2.08 bits per heavy atom. The summed E-state index contributed by atoms with van der Waals surface area (Å²) in [4.78, 5) is 0. The summed E-state index contributed by atoms with van der Waals surface area (Å²) in [7, 11) is 0. The van der Waals surface area contributed by atoms with Crippen LogP contribution >= 0.6 is 0 Å². The second kappa shape index (κ2) is 3.64. The Morgan fingerprint density at radius 3 is 2.62 bits per heavy atom. The van der Waals surface area contributed by atoms with Gasteiger partial charge in [-0.1, -0.05) is 24.3 Å². The molecule has 0 radical (unpaired) electrons. The standard InChI is InChI=1S/C12H14O/c1-4-9-12(3,13)11-8-6-5-7-10(11)2/h1,5-8,13H,9H2,2-3H3/t12-/m0/s1. The van der Waals surface area contributed by atoms with E-state index in [2.05, 4.69) is 5.92 Å². The van der Waals surface area contributed by atoms with Crippen LogP contribution in [0.4, 0.5) is 0 Å². The van der Waals surface area contributed by atoms with Crippen LogP contribution in [-0.4, -0.2) is 5.11 Å². The molecule has 0 bridgehead atoms. The molecular formula is C12H14O. The van der Waals surface area contributed by atoms with Crippen molar-refractivity contribution in [2.45, 2.75) is 25.9 Å². The van der Waals surface area contributed by atoms with Crippen molar-refractivity contribution in [3.8, 4) is 12.3 Å². The van der Waals surface area contributed by atoms with Gasteiger partial charge in [-0.15, -0.1) is 12.3 Å². The van der Waals surface area contributed by atoms with Gasteiger partial charge in [0.15, 0.2) is 0 Å². The average Bonchev–Trinajstić information content (AvgIpc) is 2.04. The average molecular weight is 174 g/mol. The van der Waals surface area contributed by atoms with Gasteiger partial charge in [-0.3, -0.25) is 0 Å². The SMILES string of the molecule is C#CC[C@](C)(O)c1ccccc1C. The second-order valence-corrected chi connectivity index (χ2v) is 3.47. The van der Waals surface area contributed by atoms with Crippen molar-refractivity contribution in [2.24, 2.45) is 0 Å². The monoisotopic (exact) mass is 174 g/mol. The highest BCUT2D eigenvalue weighted by Crippen LogP contribution is 2.26. The molecule has 1 heteroatoms. The molecule has 68 valence electrons. The molecule has 1 rings (SSSR count). The highest BCUT2D eigenvalue weighted by Gasteiger charge is 2.22.